The lowest BCUT2D eigenvalue weighted by molar-refractivity contribution is 0.415. The number of piperazine rings is 1. The third-order valence-electron chi connectivity index (χ3n) is 5.88. The van der Waals surface area contributed by atoms with Crippen LogP contribution in [0.15, 0.2) is 65.3 Å². The number of methoxy groups -OCH3 is 1. The molecule has 33 heavy (non-hydrogen) atoms. The molecule has 0 unspecified atom stereocenters. The molecule has 0 spiro atoms. The third kappa shape index (κ3) is 4.50. The van der Waals surface area contributed by atoms with Crippen LogP contribution in [0.3, 0.4) is 0 Å². The molecule has 2 aromatic heterocycles. The van der Waals surface area contributed by atoms with E-state index in [1.165, 1.54) is 11.3 Å². The van der Waals surface area contributed by atoms with Gasteiger partial charge in [0.15, 0.2) is 0 Å². The number of hydrogen-bond acceptors (Lipinski definition) is 7. The van der Waals surface area contributed by atoms with Crippen molar-refractivity contribution in [2.24, 2.45) is 0 Å². The summed E-state index contributed by atoms with van der Waals surface area (Å²) in [6, 6.07) is 17.6. The van der Waals surface area contributed by atoms with E-state index in [0.717, 1.165) is 53.9 Å². The molecular formula is C25H24ClN5O2. The Kier molecular flexibility index (Phi) is 5.88. The van der Waals surface area contributed by atoms with Crippen LogP contribution in [0.5, 0.6) is 5.75 Å². The first kappa shape index (κ1) is 21.3. The quantitative estimate of drug-likeness (QED) is 0.409. The minimum absolute atomic E-state index is 0.445. The highest BCUT2D eigenvalue weighted by Crippen LogP contribution is 2.27. The molecule has 1 aliphatic heterocycles. The monoisotopic (exact) mass is 461 g/mol. The molecule has 1 fully saturated rings. The van der Waals surface area contributed by atoms with Gasteiger partial charge in [-0.3, -0.25) is 0 Å². The lowest BCUT2D eigenvalue weighted by Gasteiger charge is -2.37. The molecule has 8 heteroatoms. The third-order valence-corrected chi connectivity index (χ3v) is 6.12. The van der Waals surface area contributed by atoms with Gasteiger partial charge in [-0.2, -0.15) is 4.98 Å². The summed E-state index contributed by atoms with van der Waals surface area (Å²) in [5.41, 5.74) is 4.10. The second-order valence-corrected chi connectivity index (χ2v) is 8.40. The average Bonchev–Trinajstić information content (AvgIpc) is 3.36. The Bertz CT molecular complexity index is 1230. The van der Waals surface area contributed by atoms with Gasteiger partial charge in [0.05, 0.1) is 12.7 Å². The topological polar surface area (TPSA) is 67.5 Å². The second-order valence-electron chi connectivity index (χ2n) is 7.96. The van der Waals surface area contributed by atoms with Crippen molar-refractivity contribution in [2.75, 3.05) is 43.1 Å². The van der Waals surface area contributed by atoms with Gasteiger partial charge in [0, 0.05) is 48.6 Å². The number of hydrogen-bond donors (Lipinski definition) is 0. The van der Waals surface area contributed by atoms with Crippen molar-refractivity contribution >= 4 is 23.1 Å². The van der Waals surface area contributed by atoms with Gasteiger partial charge in [0.25, 0.3) is 5.89 Å². The highest BCUT2D eigenvalue weighted by Gasteiger charge is 2.20. The molecule has 0 radical (unpaired) electrons. The molecule has 0 amide bonds. The summed E-state index contributed by atoms with van der Waals surface area (Å²) < 4.78 is 10.7. The maximum atomic E-state index is 6.21. The number of benzene rings is 2. The van der Waals surface area contributed by atoms with E-state index in [4.69, 9.17) is 20.9 Å². The SMILES string of the molecule is COc1ccc(-c2noc(-c3ccc(N4CCN(c5cc(Cl)ccc5C)CC4)nc3)n2)cc1. The van der Waals surface area contributed by atoms with Gasteiger partial charge < -0.3 is 19.1 Å². The number of pyridine rings is 1. The fourth-order valence-electron chi connectivity index (χ4n) is 4.00. The molecule has 168 valence electrons. The summed E-state index contributed by atoms with van der Waals surface area (Å²) in [5, 5.41) is 4.87. The summed E-state index contributed by atoms with van der Waals surface area (Å²) in [5.74, 6) is 2.70. The van der Waals surface area contributed by atoms with Crippen molar-refractivity contribution < 1.29 is 9.26 Å². The predicted molar refractivity (Wildman–Crippen MR) is 130 cm³/mol. The summed E-state index contributed by atoms with van der Waals surface area (Å²) in [7, 11) is 1.64. The van der Waals surface area contributed by atoms with Gasteiger partial charge in [0.2, 0.25) is 5.82 Å². The zero-order valence-electron chi connectivity index (χ0n) is 18.5. The van der Waals surface area contributed by atoms with Crippen LogP contribution in [0.4, 0.5) is 11.5 Å². The molecule has 2 aromatic carbocycles. The van der Waals surface area contributed by atoms with Gasteiger partial charge >= 0.3 is 0 Å². The van der Waals surface area contributed by atoms with Crippen LogP contribution in [0, 0.1) is 6.92 Å². The zero-order chi connectivity index (χ0) is 22.8. The van der Waals surface area contributed by atoms with Gasteiger partial charge in [-0.05, 0) is 61.0 Å². The second kappa shape index (κ2) is 9.11. The molecule has 0 bridgehead atoms. The number of aryl methyl sites for hydroxylation is 1. The fourth-order valence-corrected chi connectivity index (χ4v) is 4.16. The van der Waals surface area contributed by atoms with Crippen molar-refractivity contribution in [3.63, 3.8) is 0 Å². The van der Waals surface area contributed by atoms with Gasteiger partial charge in [-0.15, -0.1) is 0 Å². The highest BCUT2D eigenvalue weighted by atomic mass is 35.5. The number of anilines is 2. The van der Waals surface area contributed by atoms with Crippen molar-refractivity contribution in [3.8, 4) is 28.6 Å². The van der Waals surface area contributed by atoms with Crippen LogP contribution >= 0.6 is 11.6 Å². The Morgan fingerprint density at radius 3 is 2.33 bits per heavy atom. The minimum atomic E-state index is 0.445. The first-order valence-corrected chi connectivity index (χ1v) is 11.2. The first-order chi connectivity index (χ1) is 16.1. The molecule has 3 heterocycles. The molecule has 7 nitrogen and oxygen atoms in total. The van der Waals surface area contributed by atoms with E-state index >= 15 is 0 Å². The van der Waals surface area contributed by atoms with E-state index in [-0.39, 0.29) is 0 Å². The number of ether oxygens (including phenoxy) is 1. The molecule has 0 aliphatic carbocycles. The zero-order valence-corrected chi connectivity index (χ0v) is 19.3. The molecule has 0 saturated carbocycles. The van der Waals surface area contributed by atoms with Gasteiger partial charge in [0.1, 0.15) is 11.6 Å². The smallest absolute Gasteiger partial charge is 0.259 e. The van der Waals surface area contributed by atoms with Crippen molar-refractivity contribution in [3.05, 3.63) is 71.4 Å². The van der Waals surface area contributed by atoms with E-state index in [1.54, 1.807) is 13.3 Å². The molecule has 1 saturated heterocycles. The van der Waals surface area contributed by atoms with Crippen LogP contribution in [0.25, 0.3) is 22.8 Å². The maximum absolute atomic E-state index is 6.21. The Balaban J connectivity index is 1.25. The van der Waals surface area contributed by atoms with E-state index in [0.29, 0.717) is 11.7 Å². The van der Waals surface area contributed by atoms with Crippen molar-refractivity contribution in [2.45, 2.75) is 6.92 Å². The van der Waals surface area contributed by atoms with Gasteiger partial charge in [-0.25, -0.2) is 4.98 Å². The lowest BCUT2D eigenvalue weighted by Crippen LogP contribution is -2.47. The first-order valence-electron chi connectivity index (χ1n) is 10.8. The largest absolute Gasteiger partial charge is 0.497 e. The van der Waals surface area contributed by atoms with Gasteiger partial charge in [-0.1, -0.05) is 22.8 Å². The Labute approximate surface area is 197 Å². The van der Waals surface area contributed by atoms with Crippen LogP contribution in [0.1, 0.15) is 5.56 Å². The van der Waals surface area contributed by atoms with Crippen LogP contribution < -0.4 is 14.5 Å². The Morgan fingerprint density at radius 2 is 1.64 bits per heavy atom. The lowest BCUT2D eigenvalue weighted by atomic mass is 10.1. The standard InChI is InChI=1S/C25H24ClN5O2/c1-17-3-7-20(26)15-22(17)30-11-13-31(14-12-30)23-10-6-19(16-27-23)25-28-24(29-33-25)18-4-8-21(32-2)9-5-18/h3-10,15-16H,11-14H2,1-2H3. The maximum Gasteiger partial charge on any atom is 0.259 e. The highest BCUT2D eigenvalue weighted by molar-refractivity contribution is 6.30. The number of aromatic nitrogens is 3. The van der Waals surface area contributed by atoms with Crippen molar-refractivity contribution in [1.29, 1.82) is 0 Å². The van der Waals surface area contributed by atoms with Crippen LogP contribution in [-0.4, -0.2) is 48.4 Å². The Morgan fingerprint density at radius 1 is 0.909 bits per heavy atom. The van der Waals surface area contributed by atoms with E-state index in [1.807, 2.05) is 48.5 Å². The summed E-state index contributed by atoms with van der Waals surface area (Å²) >= 11 is 6.21. The molecule has 4 aromatic rings. The minimum Gasteiger partial charge on any atom is -0.497 e. The normalized spacial score (nSPS) is 13.9. The molecule has 0 atom stereocenters. The summed E-state index contributed by atoms with van der Waals surface area (Å²) in [4.78, 5) is 13.8. The number of nitrogens with zero attached hydrogens (tertiary/aromatic N) is 5. The number of rotatable bonds is 5. The Hall–Kier alpha value is -3.58. The molecule has 0 N–H and O–H groups in total. The van der Waals surface area contributed by atoms with E-state index in [9.17, 15) is 0 Å². The van der Waals surface area contributed by atoms with E-state index < -0.39 is 0 Å². The predicted octanol–water partition coefficient (Wildman–Crippen LogP) is 5.10. The molecule has 5 rings (SSSR count). The fraction of sp³-hybridized carbons (Fsp3) is 0.240. The van der Waals surface area contributed by atoms with Crippen molar-refractivity contribution in [1.82, 2.24) is 15.1 Å². The average molecular weight is 462 g/mol. The van der Waals surface area contributed by atoms with Crippen LogP contribution in [0.2, 0.25) is 5.02 Å². The number of halogens is 1. The molecular weight excluding hydrogens is 438 g/mol. The summed E-state index contributed by atoms with van der Waals surface area (Å²) in [6.07, 6.45) is 1.79. The van der Waals surface area contributed by atoms with Crippen LogP contribution in [-0.2, 0) is 0 Å². The molecule has 1 aliphatic rings. The van der Waals surface area contributed by atoms with E-state index in [2.05, 4.69) is 37.9 Å². The summed E-state index contributed by atoms with van der Waals surface area (Å²) in [6.45, 7) is 5.73.